The summed E-state index contributed by atoms with van der Waals surface area (Å²) in [5.41, 5.74) is 2.65. The molecule has 148 valence electrons. The molecule has 1 aromatic heterocycles. The lowest BCUT2D eigenvalue weighted by Gasteiger charge is -2.35. The van der Waals surface area contributed by atoms with E-state index in [1.807, 2.05) is 65.6 Å². The molecule has 0 N–H and O–H groups in total. The monoisotopic (exact) mass is 426 g/mol. The topological polar surface area (TPSA) is 49.3 Å². The average Bonchev–Trinajstić information content (AvgIpc) is 2.76. The van der Waals surface area contributed by atoms with Crippen molar-refractivity contribution in [3.05, 3.63) is 76.3 Å². The highest BCUT2D eigenvalue weighted by Gasteiger charge is 2.22. The minimum absolute atomic E-state index is 0.0990. The zero-order valence-electron chi connectivity index (χ0n) is 15.8. The molecule has 2 heterocycles. The van der Waals surface area contributed by atoms with Crippen molar-refractivity contribution in [1.29, 1.82) is 0 Å². The van der Waals surface area contributed by atoms with Crippen molar-refractivity contribution in [3.8, 4) is 11.3 Å². The van der Waals surface area contributed by atoms with Crippen LogP contribution in [0.1, 0.15) is 5.56 Å². The minimum atomic E-state index is 0.0990. The molecule has 1 aliphatic rings. The van der Waals surface area contributed by atoms with Gasteiger partial charge in [-0.2, -0.15) is 0 Å². The molecule has 1 saturated heterocycles. The van der Waals surface area contributed by atoms with Crippen LogP contribution in [0.5, 0.6) is 0 Å². The maximum absolute atomic E-state index is 12.6. The molecule has 0 spiro atoms. The van der Waals surface area contributed by atoms with Crippen LogP contribution in [-0.2, 0) is 11.2 Å². The highest BCUT2D eigenvalue weighted by Crippen LogP contribution is 2.22. The first-order chi connectivity index (χ1) is 14.1. The number of nitrogens with zero attached hydrogens (tertiary/aromatic N) is 4. The molecule has 7 heteroatoms. The number of rotatable bonds is 4. The van der Waals surface area contributed by atoms with Gasteiger partial charge in [0.05, 0.1) is 12.1 Å². The van der Waals surface area contributed by atoms with Crippen molar-refractivity contribution in [1.82, 2.24) is 15.1 Å². The van der Waals surface area contributed by atoms with Crippen LogP contribution in [-0.4, -0.2) is 47.2 Å². The van der Waals surface area contributed by atoms with E-state index in [1.54, 1.807) is 0 Å². The summed E-state index contributed by atoms with van der Waals surface area (Å²) < 4.78 is 0. The second-order valence-electron chi connectivity index (χ2n) is 6.92. The molecule has 29 heavy (non-hydrogen) atoms. The highest BCUT2D eigenvalue weighted by molar-refractivity contribution is 6.31. The molecule has 0 atom stereocenters. The average molecular weight is 427 g/mol. The summed E-state index contributed by atoms with van der Waals surface area (Å²) in [7, 11) is 0. The number of piperazine rings is 1. The summed E-state index contributed by atoms with van der Waals surface area (Å²) in [5, 5.41) is 10.0. The predicted octanol–water partition coefficient (Wildman–Crippen LogP) is 4.34. The van der Waals surface area contributed by atoms with Crippen molar-refractivity contribution < 1.29 is 4.79 Å². The van der Waals surface area contributed by atoms with Gasteiger partial charge in [0.2, 0.25) is 5.91 Å². The van der Waals surface area contributed by atoms with E-state index >= 15 is 0 Å². The van der Waals surface area contributed by atoms with Gasteiger partial charge in [0.15, 0.2) is 5.82 Å². The Kier molecular flexibility index (Phi) is 5.97. The minimum Gasteiger partial charge on any atom is -0.352 e. The number of amides is 1. The van der Waals surface area contributed by atoms with Gasteiger partial charge in [-0.1, -0.05) is 53.5 Å². The van der Waals surface area contributed by atoms with Gasteiger partial charge in [-0.15, -0.1) is 10.2 Å². The lowest BCUT2D eigenvalue weighted by molar-refractivity contribution is -0.130. The van der Waals surface area contributed by atoms with Crippen LogP contribution in [0.2, 0.25) is 10.0 Å². The zero-order valence-corrected chi connectivity index (χ0v) is 17.3. The fourth-order valence-corrected chi connectivity index (χ4v) is 3.70. The van der Waals surface area contributed by atoms with Gasteiger partial charge in [-0.3, -0.25) is 4.79 Å². The van der Waals surface area contributed by atoms with Gasteiger partial charge in [0.25, 0.3) is 0 Å². The van der Waals surface area contributed by atoms with E-state index in [2.05, 4.69) is 15.1 Å². The van der Waals surface area contributed by atoms with Crippen LogP contribution in [0.4, 0.5) is 5.82 Å². The molecule has 0 radical (unpaired) electrons. The van der Waals surface area contributed by atoms with Crippen molar-refractivity contribution in [2.75, 3.05) is 31.1 Å². The van der Waals surface area contributed by atoms with Gasteiger partial charge in [-0.05, 0) is 35.9 Å². The summed E-state index contributed by atoms with van der Waals surface area (Å²) >= 11 is 12.1. The number of anilines is 1. The third-order valence-electron chi connectivity index (χ3n) is 5.05. The molecule has 0 aliphatic carbocycles. The van der Waals surface area contributed by atoms with E-state index < -0.39 is 0 Å². The molecular weight excluding hydrogens is 407 g/mol. The Morgan fingerprint density at radius 1 is 0.862 bits per heavy atom. The number of benzene rings is 2. The van der Waals surface area contributed by atoms with Gasteiger partial charge in [0, 0.05) is 41.8 Å². The molecule has 3 aromatic rings. The number of hydrogen-bond acceptors (Lipinski definition) is 4. The Hall–Kier alpha value is -2.63. The molecule has 1 amide bonds. The van der Waals surface area contributed by atoms with Gasteiger partial charge in [0.1, 0.15) is 0 Å². The van der Waals surface area contributed by atoms with E-state index in [9.17, 15) is 4.79 Å². The lowest BCUT2D eigenvalue weighted by atomic mass is 10.1. The highest BCUT2D eigenvalue weighted by atomic mass is 35.5. The molecular formula is C22H20Cl2N4O. The molecule has 0 saturated carbocycles. The normalized spacial score (nSPS) is 14.1. The Bertz CT molecular complexity index is 984. The third-order valence-corrected chi connectivity index (χ3v) is 5.67. The fourth-order valence-electron chi connectivity index (χ4n) is 3.37. The first-order valence-corrected chi connectivity index (χ1v) is 10.2. The van der Waals surface area contributed by atoms with Crippen LogP contribution in [0.25, 0.3) is 11.3 Å². The Morgan fingerprint density at radius 3 is 2.24 bits per heavy atom. The molecule has 1 aliphatic heterocycles. The first-order valence-electron chi connectivity index (χ1n) is 9.46. The van der Waals surface area contributed by atoms with Crippen molar-refractivity contribution in [2.45, 2.75) is 6.42 Å². The largest absolute Gasteiger partial charge is 0.352 e. The van der Waals surface area contributed by atoms with Crippen molar-refractivity contribution in [3.63, 3.8) is 0 Å². The summed E-state index contributed by atoms with van der Waals surface area (Å²) in [6, 6.07) is 18.9. The van der Waals surface area contributed by atoms with E-state index in [1.165, 1.54) is 0 Å². The lowest BCUT2D eigenvalue weighted by Crippen LogP contribution is -2.49. The van der Waals surface area contributed by atoms with Crippen molar-refractivity contribution >= 4 is 34.9 Å². The Morgan fingerprint density at radius 2 is 1.59 bits per heavy atom. The molecule has 0 unspecified atom stereocenters. The van der Waals surface area contributed by atoms with Crippen LogP contribution in [0, 0.1) is 0 Å². The summed E-state index contributed by atoms with van der Waals surface area (Å²) in [4.78, 5) is 16.6. The van der Waals surface area contributed by atoms with Crippen LogP contribution < -0.4 is 4.90 Å². The second-order valence-corrected chi connectivity index (χ2v) is 7.76. The maximum Gasteiger partial charge on any atom is 0.227 e. The van der Waals surface area contributed by atoms with Crippen molar-refractivity contribution in [2.24, 2.45) is 0 Å². The predicted molar refractivity (Wildman–Crippen MR) is 116 cm³/mol. The third kappa shape index (κ3) is 4.69. The van der Waals surface area contributed by atoms with Crippen LogP contribution in [0.3, 0.4) is 0 Å². The molecule has 1 fully saturated rings. The van der Waals surface area contributed by atoms with E-state index in [-0.39, 0.29) is 5.91 Å². The van der Waals surface area contributed by atoms with Crippen LogP contribution in [0.15, 0.2) is 60.7 Å². The van der Waals surface area contributed by atoms with Gasteiger partial charge < -0.3 is 9.80 Å². The number of aromatic nitrogens is 2. The van der Waals surface area contributed by atoms with Gasteiger partial charge in [-0.25, -0.2) is 0 Å². The maximum atomic E-state index is 12.6. The Labute approximate surface area is 179 Å². The quantitative estimate of drug-likeness (QED) is 0.622. The molecule has 5 nitrogen and oxygen atoms in total. The molecule has 2 aromatic carbocycles. The fraction of sp³-hybridized carbons (Fsp3) is 0.227. The smallest absolute Gasteiger partial charge is 0.227 e. The second kappa shape index (κ2) is 8.80. The summed E-state index contributed by atoms with van der Waals surface area (Å²) in [5.74, 6) is 0.919. The summed E-state index contributed by atoms with van der Waals surface area (Å²) in [6.07, 6.45) is 0.329. The van der Waals surface area contributed by atoms with Crippen LogP contribution >= 0.6 is 23.2 Å². The number of hydrogen-bond donors (Lipinski definition) is 0. The SMILES string of the molecule is O=C(Cc1ccccc1Cl)N1CCN(c2ccc(-c3ccc(Cl)cc3)nn2)CC1. The standard InChI is InChI=1S/C22H20Cl2N4O/c23-18-7-5-16(6-8-18)20-9-10-21(26-25-20)27-11-13-28(14-12-27)22(29)15-17-3-1-2-4-19(17)24/h1-10H,11-15H2. The van der Waals surface area contributed by atoms with E-state index in [4.69, 9.17) is 23.2 Å². The van der Waals surface area contributed by atoms with E-state index in [0.29, 0.717) is 29.6 Å². The number of carbonyl (C=O) groups is 1. The first kappa shape index (κ1) is 19.7. The van der Waals surface area contributed by atoms with Gasteiger partial charge >= 0.3 is 0 Å². The zero-order chi connectivity index (χ0) is 20.2. The Balaban J connectivity index is 1.35. The number of halogens is 2. The van der Waals surface area contributed by atoms with E-state index in [0.717, 1.165) is 35.7 Å². The number of carbonyl (C=O) groups excluding carboxylic acids is 1. The molecule has 0 bridgehead atoms. The molecule has 4 rings (SSSR count). The summed E-state index contributed by atoms with van der Waals surface area (Å²) in [6.45, 7) is 2.76.